The third kappa shape index (κ3) is 2.63. The van der Waals surface area contributed by atoms with Gasteiger partial charge >= 0.3 is 11.7 Å². The number of anilines is 1. The zero-order valence-corrected chi connectivity index (χ0v) is 9.23. The van der Waals surface area contributed by atoms with Crippen molar-refractivity contribution in [1.29, 1.82) is 0 Å². The Balaban J connectivity index is 2.29. The molecule has 1 amide bonds. The van der Waals surface area contributed by atoms with E-state index in [1.165, 1.54) is 6.07 Å². The number of hydrogen-bond donors (Lipinski definition) is 1. The van der Waals surface area contributed by atoms with Crippen LogP contribution in [0.25, 0.3) is 11.0 Å². The van der Waals surface area contributed by atoms with Gasteiger partial charge in [0.25, 0.3) is 0 Å². The van der Waals surface area contributed by atoms with Crippen LogP contribution in [0.2, 0.25) is 0 Å². The second-order valence-corrected chi connectivity index (χ2v) is 3.35. The van der Waals surface area contributed by atoms with E-state index in [4.69, 9.17) is 9.15 Å². The molecule has 0 fully saturated rings. The van der Waals surface area contributed by atoms with E-state index in [-0.39, 0.29) is 0 Å². The fraction of sp³-hybridized carbons (Fsp3) is 0.167. The number of hydrogen-bond acceptors (Lipinski definition) is 4. The number of benzene rings is 1. The Bertz CT molecular complexity index is 603. The topological polar surface area (TPSA) is 68.5 Å². The first-order valence-corrected chi connectivity index (χ1v) is 5.17. The van der Waals surface area contributed by atoms with E-state index in [2.05, 4.69) is 5.32 Å². The molecule has 1 N–H and O–H groups in total. The third-order valence-corrected chi connectivity index (χ3v) is 2.14. The van der Waals surface area contributed by atoms with Crippen LogP contribution in [0.3, 0.4) is 0 Å². The SMILES string of the molecule is CCOC(=O)Nc1ccc2oc(=O)ccc2c1. The van der Waals surface area contributed by atoms with Crippen molar-refractivity contribution in [3.63, 3.8) is 0 Å². The van der Waals surface area contributed by atoms with Crippen molar-refractivity contribution in [3.8, 4) is 0 Å². The summed E-state index contributed by atoms with van der Waals surface area (Å²) < 4.78 is 9.72. The maximum absolute atomic E-state index is 11.2. The van der Waals surface area contributed by atoms with E-state index >= 15 is 0 Å². The predicted molar refractivity (Wildman–Crippen MR) is 63.1 cm³/mol. The number of rotatable bonds is 2. The highest BCUT2D eigenvalue weighted by Crippen LogP contribution is 2.17. The monoisotopic (exact) mass is 233 g/mol. The Hall–Kier alpha value is -2.30. The van der Waals surface area contributed by atoms with Gasteiger partial charge in [0.15, 0.2) is 0 Å². The van der Waals surface area contributed by atoms with E-state index in [0.717, 1.165) is 5.39 Å². The first-order chi connectivity index (χ1) is 8.19. The number of amides is 1. The molecule has 1 heterocycles. The minimum Gasteiger partial charge on any atom is -0.450 e. The summed E-state index contributed by atoms with van der Waals surface area (Å²) in [5, 5.41) is 3.30. The fourth-order valence-electron chi connectivity index (χ4n) is 1.43. The lowest BCUT2D eigenvalue weighted by Crippen LogP contribution is -2.13. The minimum atomic E-state index is -0.510. The molecule has 1 aromatic carbocycles. The Morgan fingerprint density at radius 2 is 2.18 bits per heavy atom. The lowest BCUT2D eigenvalue weighted by Gasteiger charge is -2.05. The molecular weight excluding hydrogens is 222 g/mol. The summed E-state index contributed by atoms with van der Waals surface area (Å²) in [6.45, 7) is 2.04. The molecule has 0 aliphatic rings. The van der Waals surface area contributed by atoms with Crippen LogP contribution < -0.4 is 10.9 Å². The summed E-state index contributed by atoms with van der Waals surface area (Å²) in [7, 11) is 0. The summed E-state index contributed by atoms with van der Waals surface area (Å²) >= 11 is 0. The molecule has 2 rings (SSSR count). The molecule has 5 nitrogen and oxygen atoms in total. The average Bonchev–Trinajstić information content (AvgIpc) is 2.29. The standard InChI is InChI=1S/C12H11NO4/c1-2-16-12(15)13-9-4-5-10-8(7-9)3-6-11(14)17-10/h3-7H,2H2,1H3,(H,13,15). The molecule has 5 heteroatoms. The quantitative estimate of drug-likeness (QED) is 0.808. The smallest absolute Gasteiger partial charge is 0.411 e. The summed E-state index contributed by atoms with van der Waals surface area (Å²) in [5.41, 5.74) is 0.667. The highest BCUT2D eigenvalue weighted by atomic mass is 16.5. The Kier molecular flexibility index (Phi) is 3.09. The van der Waals surface area contributed by atoms with Crippen molar-refractivity contribution in [1.82, 2.24) is 0 Å². The van der Waals surface area contributed by atoms with Crippen LogP contribution in [-0.2, 0) is 4.74 Å². The molecule has 88 valence electrons. The summed E-state index contributed by atoms with van der Waals surface area (Å²) in [4.78, 5) is 22.2. The molecule has 0 saturated carbocycles. The Morgan fingerprint density at radius 1 is 1.35 bits per heavy atom. The second kappa shape index (κ2) is 4.69. The van der Waals surface area contributed by atoms with Crippen molar-refractivity contribution in [3.05, 3.63) is 40.8 Å². The minimum absolute atomic E-state index is 0.314. The van der Waals surface area contributed by atoms with E-state index in [1.807, 2.05) is 0 Å². The lowest BCUT2D eigenvalue weighted by atomic mass is 10.2. The lowest BCUT2D eigenvalue weighted by molar-refractivity contribution is 0.168. The van der Waals surface area contributed by atoms with Gasteiger partial charge in [0, 0.05) is 17.1 Å². The molecule has 0 atom stereocenters. The van der Waals surface area contributed by atoms with E-state index in [1.54, 1.807) is 31.2 Å². The number of carbonyl (C=O) groups is 1. The molecule has 0 unspecified atom stereocenters. The maximum atomic E-state index is 11.2. The van der Waals surface area contributed by atoms with Gasteiger partial charge in [0.1, 0.15) is 5.58 Å². The van der Waals surface area contributed by atoms with Crippen molar-refractivity contribution in [2.45, 2.75) is 6.92 Å². The third-order valence-electron chi connectivity index (χ3n) is 2.14. The summed E-state index contributed by atoms with van der Waals surface area (Å²) in [6.07, 6.45) is -0.510. The molecule has 0 saturated heterocycles. The maximum Gasteiger partial charge on any atom is 0.411 e. The van der Waals surface area contributed by atoms with Gasteiger partial charge < -0.3 is 9.15 Å². The predicted octanol–water partition coefficient (Wildman–Crippen LogP) is 2.36. The largest absolute Gasteiger partial charge is 0.450 e. The van der Waals surface area contributed by atoms with Gasteiger partial charge in [-0.1, -0.05) is 0 Å². The Morgan fingerprint density at radius 3 is 2.94 bits per heavy atom. The number of ether oxygens (including phenoxy) is 1. The van der Waals surface area contributed by atoms with Crippen LogP contribution in [-0.4, -0.2) is 12.7 Å². The molecule has 17 heavy (non-hydrogen) atoms. The first-order valence-electron chi connectivity index (χ1n) is 5.17. The Labute approximate surface area is 97.0 Å². The van der Waals surface area contributed by atoms with Crippen LogP contribution in [0.15, 0.2) is 39.5 Å². The van der Waals surface area contributed by atoms with Crippen LogP contribution in [0, 0.1) is 0 Å². The van der Waals surface area contributed by atoms with Gasteiger partial charge in [-0.05, 0) is 31.2 Å². The van der Waals surface area contributed by atoms with Crippen LogP contribution in [0.4, 0.5) is 10.5 Å². The molecule has 0 bridgehead atoms. The van der Waals surface area contributed by atoms with E-state index in [9.17, 15) is 9.59 Å². The molecule has 0 aliphatic carbocycles. The van der Waals surface area contributed by atoms with Crippen molar-refractivity contribution in [2.75, 3.05) is 11.9 Å². The van der Waals surface area contributed by atoms with E-state index in [0.29, 0.717) is 17.9 Å². The van der Waals surface area contributed by atoms with E-state index < -0.39 is 11.7 Å². The van der Waals surface area contributed by atoms with Gasteiger partial charge in [-0.2, -0.15) is 0 Å². The van der Waals surface area contributed by atoms with Gasteiger partial charge in [-0.3, -0.25) is 5.32 Å². The molecule has 0 spiro atoms. The van der Waals surface area contributed by atoms with Crippen LogP contribution in [0.1, 0.15) is 6.92 Å². The highest BCUT2D eigenvalue weighted by Gasteiger charge is 2.03. The molecule has 2 aromatic rings. The normalized spacial score (nSPS) is 10.2. The average molecular weight is 233 g/mol. The molecular formula is C12H11NO4. The van der Waals surface area contributed by atoms with Gasteiger partial charge in [-0.15, -0.1) is 0 Å². The zero-order chi connectivity index (χ0) is 12.3. The second-order valence-electron chi connectivity index (χ2n) is 3.35. The molecule has 0 radical (unpaired) electrons. The fourth-order valence-corrected chi connectivity index (χ4v) is 1.43. The first kappa shape index (κ1) is 11.2. The summed E-state index contributed by atoms with van der Waals surface area (Å²) in [6, 6.07) is 7.93. The van der Waals surface area contributed by atoms with Crippen molar-refractivity contribution < 1.29 is 13.9 Å². The van der Waals surface area contributed by atoms with Crippen LogP contribution >= 0.6 is 0 Å². The number of fused-ring (bicyclic) bond motifs is 1. The molecule has 1 aromatic heterocycles. The zero-order valence-electron chi connectivity index (χ0n) is 9.23. The van der Waals surface area contributed by atoms with Gasteiger partial charge in [0.2, 0.25) is 0 Å². The van der Waals surface area contributed by atoms with Gasteiger partial charge in [0.05, 0.1) is 6.61 Å². The number of carbonyl (C=O) groups excluding carboxylic acids is 1. The highest BCUT2D eigenvalue weighted by molar-refractivity contribution is 5.89. The summed E-state index contributed by atoms with van der Waals surface area (Å²) in [5.74, 6) is 0. The van der Waals surface area contributed by atoms with Gasteiger partial charge in [-0.25, -0.2) is 9.59 Å². The van der Waals surface area contributed by atoms with Crippen LogP contribution in [0.5, 0.6) is 0 Å². The number of nitrogens with one attached hydrogen (secondary N) is 1. The van der Waals surface area contributed by atoms with Crippen molar-refractivity contribution in [2.24, 2.45) is 0 Å². The molecule has 0 aliphatic heterocycles. The van der Waals surface area contributed by atoms with Crippen molar-refractivity contribution >= 4 is 22.7 Å².